The van der Waals surface area contributed by atoms with Gasteiger partial charge in [0.1, 0.15) is 5.54 Å². The largest absolute Gasteiger partial charge is 0.465 e. The van der Waals surface area contributed by atoms with Crippen LogP contribution in [0.3, 0.4) is 0 Å². The molecule has 126 valence electrons. The number of hydrogen-bond donors (Lipinski definition) is 3. The monoisotopic (exact) mass is 331 g/mol. The molecule has 1 fully saturated rings. The topological polar surface area (TPSA) is 116 Å². The highest BCUT2D eigenvalue weighted by Crippen LogP contribution is 2.34. The third-order valence-electron chi connectivity index (χ3n) is 4.59. The van der Waals surface area contributed by atoms with Gasteiger partial charge in [0.05, 0.1) is 0 Å². The first-order chi connectivity index (χ1) is 11.3. The Morgan fingerprint density at radius 2 is 2.12 bits per heavy atom. The van der Waals surface area contributed by atoms with E-state index in [9.17, 15) is 19.2 Å². The highest BCUT2D eigenvalue weighted by atomic mass is 16.4. The van der Waals surface area contributed by atoms with E-state index in [1.807, 2.05) is 0 Å². The van der Waals surface area contributed by atoms with Gasteiger partial charge in [-0.05, 0) is 30.5 Å². The number of fused-ring (bicyclic) bond motifs is 1. The zero-order valence-electron chi connectivity index (χ0n) is 13.1. The maximum Gasteiger partial charge on any atom is 0.404 e. The zero-order chi connectivity index (χ0) is 17.5. The molecule has 8 nitrogen and oxygen atoms in total. The first-order valence-corrected chi connectivity index (χ1v) is 7.56. The van der Waals surface area contributed by atoms with Crippen molar-refractivity contribution in [3.8, 4) is 0 Å². The van der Waals surface area contributed by atoms with E-state index in [1.165, 1.54) is 4.90 Å². The standard InChI is InChI=1S/C16H17N3O5/c1-16(5-4-12(20)18-14(16)22)19-8-10-6-9(7-17-15(23)24)2-3-11(10)13(19)21/h2-3,6,17H,4-5,7-8H2,1H3,(H,23,24)(H,18,20,22)/t16-/m0/s1. The smallest absolute Gasteiger partial charge is 0.404 e. The van der Waals surface area contributed by atoms with E-state index in [4.69, 9.17) is 5.11 Å². The number of rotatable bonds is 3. The molecule has 1 aromatic rings. The maximum atomic E-state index is 12.7. The fourth-order valence-electron chi connectivity index (χ4n) is 3.11. The maximum absolute atomic E-state index is 12.7. The van der Waals surface area contributed by atoms with Crippen LogP contribution in [0.25, 0.3) is 0 Å². The molecule has 0 saturated carbocycles. The van der Waals surface area contributed by atoms with Crippen molar-refractivity contribution >= 4 is 23.8 Å². The lowest BCUT2D eigenvalue weighted by Crippen LogP contribution is -2.61. The number of piperidine rings is 1. The Balaban J connectivity index is 1.84. The summed E-state index contributed by atoms with van der Waals surface area (Å²) in [5.41, 5.74) is 0.915. The molecule has 2 aliphatic heterocycles. The molecule has 8 heteroatoms. The van der Waals surface area contributed by atoms with Crippen molar-refractivity contribution in [2.45, 2.75) is 38.4 Å². The van der Waals surface area contributed by atoms with E-state index in [2.05, 4.69) is 10.6 Å². The molecule has 0 aliphatic carbocycles. The minimum atomic E-state index is -1.12. The van der Waals surface area contributed by atoms with Gasteiger partial charge < -0.3 is 15.3 Å². The fraction of sp³-hybridized carbons (Fsp3) is 0.375. The van der Waals surface area contributed by atoms with E-state index >= 15 is 0 Å². The number of imide groups is 1. The van der Waals surface area contributed by atoms with E-state index in [0.29, 0.717) is 5.56 Å². The van der Waals surface area contributed by atoms with E-state index in [0.717, 1.165) is 11.1 Å². The highest BCUT2D eigenvalue weighted by molar-refractivity contribution is 6.07. The number of nitrogens with zero attached hydrogens (tertiary/aromatic N) is 1. The second-order valence-corrected chi connectivity index (χ2v) is 6.19. The molecule has 3 rings (SSSR count). The molecule has 3 N–H and O–H groups in total. The summed E-state index contributed by atoms with van der Waals surface area (Å²) in [5.74, 6) is -1.05. The average molecular weight is 331 g/mol. The lowest BCUT2D eigenvalue weighted by atomic mass is 9.89. The van der Waals surface area contributed by atoms with Gasteiger partial charge in [-0.3, -0.25) is 19.7 Å². The van der Waals surface area contributed by atoms with Gasteiger partial charge in [-0.15, -0.1) is 0 Å². The molecule has 0 spiro atoms. The number of nitrogens with one attached hydrogen (secondary N) is 2. The fourth-order valence-corrected chi connectivity index (χ4v) is 3.11. The molecule has 0 unspecified atom stereocenters. The SMILES string of the molecule is C[C@]1(N2Cc3cc(CNC(=O)O)ccc3C2=O)CCC(=O)NC1=O. The molecule has 1 aromatic carbocycles. The zero-order valence-corrected chi connectivity index (χ0v) is 13.1. The minimum absolute atomic E-state index is 0.142. The molecule has 0 radical (unpaired) electrons. The molecule has 4 amide bonds. The molecule has 24 heavy (non-hydrogen) atoms. The van der Waals surface area contributed by atoms with Crippen molar-refractivity contribution in [1.29, 1.82) is 0 Å². The van der Waals surface area contributed by atoms with Gasteiger partial charge in [0.25, 0.3) is 11.8 Å². The van der Waals surface area contributed by atoms with Crippen LogP contribution in [0.1, 0.15) is 41.3 Å². The molecular weight excluding hydrogens is 314 g/mol. The van der Waals surface area contributed by atoms with Crippen molar-refractivity contribution in [3.05, 3.63) is 34.9 Å². The van der Waals surface area contributed by atoms with Gasteiger partial charge in [-0.2, -0.15) is 0 Å². The number of amides is 4. The van der Waals surface area contributed by atoms with E-state index in [-0.39, 0.29) is 37.7 Å². The first-order valence-electron chi connectivity index (χ1n) is 7.56. The van der Waals surface area contributed by atoms with E-state index < -0.39 is 17.5 Å². The number of carboxylic acid groups (broad SMARTS) is 1. The van der Waals surface area contributed by atoms with Crippen LogP contribution >= 0.6 is 0 Å². The molecule has 2 aliphatic rings. The Hall–Kier alpha value is -2.90. The molecular formula is C16H17N3O5. The van der Waals surface area contributed by atoms with Crippen LogP contribution in [0.4, 0.5) is 4.79 Å². The van der Waals surface area contributed by atoms with Crippen LogP contribution < -0.4 is 10.6 Å². The highest BCUT2D eigenvalue weighted by Gasteiger charge is 2.48. The predicted octanol–water partition coefficient (Wildman–Crippen LogP) is 0.605. The van der Waals surface area contributed by atoms with Gasteiger partial charge in [0.15, 0.2) is 0 Å². The minimum Gasteiger partial charge on any atom is -0.465 e. The van der Waals surface area contributed by atoms with Crippen molar-refractivity contribution in [3.63, 3.8) is 0 Å². The second kappa shape index (κ2) is 5.63. The summed E-state index contributed by atoms with van der Waals surface area (Å²) < 4.78 is 0. The van der Waals surface area contributed by atoms with Gasteiger partial charge in [-0.1, -0.05) is 12.1 Å². The van der Waals surface area contributed by atoms with Crippen LogP contribution in [0.2, 0.25) is 0 Å². The van der Waals surface area contributed by atoms with Crippen LogP contribution in [0.5, 0.6) is 0 Å². The molecule has 2 heterocycles. The Morgan fingerprint density at radius 1 is 1.38 bits per heavy atom. The summed E-state index contributed by atoms with van der Waals surface area (Å²) in [6, 6.07) is 5.09. The summed E-state index contributed by atoms with van der Waals surface area (Å²) in [6.07, 6.45) is -0.648. The summed E-state index contributed by atoms with van der Waals surface area (Å²) in [5, 5.41) is 13.2. The van der Waals surface area contributed by atoms with Gasteiger partial charge >= 0.3 is 6.09 Å². The van der Waals surface area contributed by atoms with Crippen molar-refractivity contribution in [2.75, 3.05) is 0 Å². The Labute approximate surface area is 137 Å². The van der Waals surface area contributed by atoms with Crippen LogP contribution in [0, 0.1) is 0 Å². The third-order valence-corrected chi connectivity index (χ3v) is 4.59. The number of carbonyl (C=O) groups is 4. The Morgan fingerprint density at radius 3 is 2.79 bits per heavy atom. The third kappa shape index (κ3) is 2.60. The number of hydrogen-bond acceptors (Lipinski definition) is 4. The summed E-state index contributed by atoms with van der Waals surface area (Å²) in [7, 11) is 0. The first kappa shape index (κ1) is 16.0. The van der Waals surface area contributed by atoms with Crippen molar-refractivity contribution in [2.24, 2.45) is 0 Å². The molecule has 0 bridgehead atoms. The number of carbonyl (C=O) groups excluding carboxylic acids is 3. The lowest BCUT2D eigenvalue weighted by Gasteiger charge is -2.39. The van der Waals surface area contributed by atoms with Crippen molar-refractivity contribution in [1.82, 2.24) is 15.5 Å². The summed E-state index contributed by atoms with van der Waals surface area (Å²) >= 11 is 0. The quantitative estimate of drug-likeness (QED) is 0.702. The Bertz CT molecular complexity index is 760. The lowest BCUT2D eigenvalue weighted by molar-refractivity contribution is -0.142. The van der Waals surface area contributed by atoms with Crippen LogP contribution in [-0.2, 0) is 22.7 Å². The van der Waals surface area contributed by atoms with Crippen LogP contribution in [0.15, 0.2) is 18.2 Å². The van der Waals surface area contributed by atoms with Crippen molar-refractivity contribution < 1.29 is 24.3 Å². The normalized spacial score (nSPS) is 23.0. The summed E-state index contributed by atoms with van der Waals surface area (Å²) in [4.78, 5) is 48.3. The summed E-state index contributed by atoms with van der Waals surface area (Å²) in [6.45, 7) is 2.06. The van der Waals surface area contributed by atoms with Gasteiger partial charge in [0, 0.05) is 25.1 Å². The second-order valence-electron chi connectivity index (χ2n) is 6.19. The molecule has 1 atom stereocenters. The van der Waals surface area contributed by atoms with Gasteiger partial charge in [0.2, 0.25) is 5.91 Å². The Kier molecular flexibility index (Phi) is 3.75. The predicted molar refractivity (Wildman–Crippen MR) is 82.0 cm³/mol. The van der Waals surface area contributed by atoms with Gasteiger partial charge in [-0.25, -0.2) is 4.79 Å². The van der Waals surface area contributed by atoms with Crippen LogP contribution in [-0.4, -0.2) is 39.4 Å². The van der Waals surface area contributed by atoms with E-state index in [1.54, 1.807) is 25.1 Å². The number of benzene rings is 1. The average Bonchev–Trinajstić information content (AvgIpc) is 2.86. The molecule has 0 aromatic heterocycles. The molecule has 1 saturated heterocycles.